The van der Waals surface area contributed by atoms with Crippen molar-refractivity contribution in [3.8, 4) is 0 Å². The fourth-order valence-corrected chi connectivity index (χ4v) is 3.90. The number of aromatic nitrogens is 3. The van der Waals surface area contributed by atoms with Gasteiger partial charge >= 0.3 is 0 Å². The zero-order chi connectivity index (χ0) is 19.1. The van der Waals surface area contributed by atoms with E-state index in [1.807, 2.05) is 43.5 Å². The monoisotopic (exact) mass is 373 g/mol. The number of nitrogens with zero attached hydrogens (tertiary/aromatic N) is 4. The third-order valence-corrected chi connectivity index (χ3v) is 5.51. The highest BCUT2D eigenvalue weighted by Gasteiger charge is 2.44. The van der Waals surface area contributed by atoms with Gasteiger partial charge in [-0.25, -0.2) is 0 Å². The fourth-order valence-electron chi connectivity index (χ4n) is 2.91. The van der Waals surface area contributed by atoms with Crippen LogP contribution in [0.15, 0.2) is 35.7 Å². The van der Waals surface area contributed by atoms with E-state index >= 15 is 0 Å². The van der Waals surface area contributed by atoms with Gasteiger partial charge in [-0.05, 0) is 46.8 Å². The van der Waals surface area contributed by atoms with Gasteiger partial charge in [0.1, 0.15) is 11.9 Å². The maximum atomic E-state index is 13.3. The lowest BCUT2D eigenvalue weighted by Crippen LogP contribution is -2.60. The van der Waals surface area contributed by atoms with E-state index < -0.39 is 10.8 Å². The van der Waals surface area contributed by atoms with Crippen LogP contribution in [0, 0.1) is 0 Å². The first-order valence-corrected chi connectivity index (χ1v) is 9.42. The normalized spacial score (nSPS) is 17.0. The van der Waals surface area contributed by atoms with Crippen LogP contribution in [-0.4, -0.2) is 37.4 Å². The number of thioether (sulfide) groups is 1. The van der Waals surface area contributed by atoms with Gasteiger partial charge in [0.25, 0.3) is 0 Å². The van der Waals surface area contributed by atoms with Crippen LogP contribution in [0.2, 0.25) is 0 Å². The van der Waals surface area contributed by atoms with Gasteiger partial charge in [0.2, 0.25) is 11.8 Å². The number of carbonyl (C=O) groups excluding carboxylic acids is 2. The lowest BCUT2D eigenvalue weighted by molar-refractivity contribution is -0.126. The van der Waals surface area contributed by atoms with Gasteiger partial charge in [0.15, 0.2) is 5.16 Å². The Morgan fingerprint density at radius 2 is 1.92 bits per heavy atom. The van der Waals surface area contributed by atoms with Crippen molar-refractivity contribution in [1.29, 1.82) is 0 Å². The van der Waals surface area contributed by atoms with E-state index in [-0.39, 0.29) is 17.9 Å². The molecule has 2 aromatic rings. The van der Waals surface area contributed by atoms with Gasteiger partial charge in [0.05, 0.1) is 16.6 Å². The summed E-state index contributed by atoms with van der Waals surface area (Å²) in [5, 5.41) is 11.2. The Morgan fingerprint density at radius 1 is 1.23 bits per heavy atom. The molecule has 7 nitrogen and oxygen atoms in total. The quantitative estimate of drug-likeness (QED) is 0.833. The summed E-state index contributed by atoms with van der Waals surface area (Å²) in [6.45, 7) is 9.41. The molecule has 1 aromatic carbocycles. The van der Waals surface area contributed by atoms with E-state index in [1.165, 1.54) is 11.8 Å². The van der Waals surface area contributed by atoms with Crippen LogP contribution in [0.1, 0.15) is 40.7 Å². The van der Waals surface area contributed by atoms with Gasteiger partial charge in [-0.2, -0.15) is 0 Å². The first kappa shape index (κ1) is 18.4. The minimum Gasteiger partial charge on any atom is -0.322 e. The molecule has 0 aliphatic carbocycles. The Bertz CT molecular complexity index is 846. The number of rotatable bonds is 4. The molecule has 1 atom stereocenters. The molecule has 2 heterocycles. The minimum absolute atomic E-state index is 0.138. The van der Waals surface area contributed by atoms with Gasteiger partial charge in [-0.15, -0.1) is 10.2 Å². The lowest BCUT2D eigenvalue weighted by Gasteiger charge is -2.43. The Hall–Kier alpha value is -2.35. The predicted molar refractivity (Wildman–Crippen MR) is 102 cm³/mol. The summed E-state index contributed by atoms with van der Waals surface area (Å²) in [6.07, 6.45) is 1.66. The Kier molecular flexibility index (Phi) is 4.79. The minimum atomic E-state index is -0.980. The number of hydrogen-bond acceptors (Lipinski definition) is 5. The number of hydrogen-bond donors (Lipinski definition) is 1. The van der Waals surface area contributed by atoms with Crippen LogP contribution >= 0.6 is 11.8 Å². The molecule has 0 bridgehead atoms. The molecular formula is C18H23N5O2S. The molecule has 0 saturated heterocycles. The van der Waals surface area contributed by atoms with Gasteiger partial charge in [0, 0.05) is 6.04 Å². The molecule has 1 aliphatic rings. The van der Waals surface area contributed by atoms with Gasteiger partial charge in [-0.3, -0.25) is 14.5 Å². The van der Waals surface area contributed by atoms with Crippen LogP contribution in [0.5, 0.6) is 0 Å². The van der Waals surface area contributed by atoms with Crippen LogP contribution in [-0.2, 0) is 9.59 Å². The van der Waals surface area contributed by atoms with Crippen molar-refractivity contribution in [2.24, 2.45) is 0 Å². The van der Waals surface area contributed by atoms with Crippen LogP contribution in [0.3, 0.4) is 0 Å². The standard InChI is InChI=1S/C18H23N5O2S/c1-11(2)22-10-19-21-17(22)26-12(3)15(24)23-14-9-7-6-8-13(14)20-16(25)18(23,4)5/h6-12H,1-5H3,(H,20,25). The maximum Gasteiger partial charge on any atom is 0.250 e. The molecule has 1 aliphatic heterocycles. The Morgan fingerprint density at radius 3 is 2.62 bits per heavy atom. The molecule has 3 rings (SSSR count). The van der Waals surface area contributed by atoms with E-state index in [9.17, 15) is 9.59 Å². The van der Waals surface area contributed by atoms with Crippen molar-refractivity contribution in [2.75, 3.05) is 10.2 Å². The molecule has 0 spiro atoms. The van der Waals surface area contributed by atoms with Crippen molar-refractivity contribution < 1.29 is 9.59 Å². The van der Waals surface area contributed by atoms with E-state index in [4.69, 9.17) is 0 Å². The number of carbonyl (C=O) groups is 2. The molecule has 1 unspecified atom stereocenters. The largest absolute Gasteiger partial charge is 0.322 e. The molecule has 1 N–H and O–H groups in total. The summed E-state index contributed by atoms with van der Waals surface area (Å²) in [6, 6.07) is 7.55. The van der Waals surface area contributed by atoms with Crippen molar-refractivity contribution in [3.05, 3.63) is 30.6 Å². The summed E-state index contributed by atoms with van der Waals surface area (Å²) in [5.41, 5.74) is 0.374. The molecule has 0 fully saturated rings. The SMILES string of the molecule is CC(Sc1nncn1C(C)C)C(=O)N1c2ccccc2NC(=O)C1(C)C. The van der Waals surface area contributed by atoms with E-state index in [2.05, 4.69) is 15.5 Å². The summed E-state index contributed by atoms with van der Waals surface area (Å²) < 4.78 is 1.93. The number of nitrogens with one attached hydrogen (secondary N) is 1. The highest BCUT2D eigenvalue weighted by Crippen LogP contribution is 2.38. The first-order chi connectivity index (χ1) is 12.2. The predicted octanol–water partition coefficient (Wildman–Crippen LogP) is 3.10. The number of benzene rings is 1. The number of para-hydroxylation sites is 2. The topological polar surface area (TPSA) is 80.1 Å². The second-order valence-electron chi connectivity index (χ2n) is 7.08. The highest BCUT2D eigenvalue weighted by atomic mass is 32.2. The van der Waals surface area contributed by atoms with Gasteiger partial charge < -0.3 is 9.88 Å². The maximum absolute atomic E-state index is 13.3. The van der Waals surface area contributed by atoms with Crippen molar-refractivity contribution in [1.82, 2.24) is 14.8 Å². The molecule has 0 saturated carbocycles. The molecule has 138 valence electrons. The van der Waals surface area contributed by atoms with Gasteiger partial charge in [-0.1, -0.05) is 23.9 Å². The van der Waals surface area contributed by atoms with Crippen LogP contribution in [0.4, 0.5) is 11.4 Å². The van der Waals surface area contributed by atoms with Crippen molar-refractivity contribution >= 4 is 35.0 Å². The summed E-state index contributed by atoms with van der Waals surface area (Å²) >= 11 is 1.35. The van der Waals surface area contributed by atoms with E-state index in [0.29, 0.717) is 16.5 Å². The van der Waals surface area contributed by atoms with Crippen LogP contribution < -0.4 is 10.2 Å². The molecule has 2 amide bonds. The average Bonchev–Trinajstić information content (AvgIpc) is 3.03. The summed E-state index contributed by atoms with van der Waals surface area (Å²) in [5.74, 6) is -0.340. The van der Waals surface area contributed by atoms with E-state index in [1.54, 1.807) is 31.1 Å². The smallest absolute Gasteiger partial charge is 0.250 e. The third kappa shape index (κ3) is 3.09. The third-order valence-electron chi connectivity index (χ3n) is 4.45. The second-order valence-corrected chi connectivity index (χ2v) is 8.39. The Labute approximate surface area is 157 Å². The highest BCUT2D eigenvalue weighted by molar-refractivity contribution is 8.00. The zero-order valence-electron chi connectivity index (χ0n) is 15.6. The van der Waals surface area contributed by atoms with Crippen molar-refractivity contribution in [2.45, 2.75) is 56.6 Å². The average molecular weight is 373 g/mol. The molecular weight excluding hydrogens is 350 g/mol. The van der Waals surface area contributed by atoms with Crippen molar-refractivity contribution in [3.63, 3.8) is 0 Å². The fraction of sp³-hybridized carbons (Fsp3) is 0.444. The lowest BCUT2D eigenvalue weighted by atomic mass is 9.96. The number of fused-ring (bicyclic) bond motifs is 1. The second kappa shape index (κ2) is 6.75. The summed E-state index contributed by atoms with van der Waals surface area (Å²) in [4.78, 5) is 27.4. The molecule has 0 radical (unpaired) electrons. The molecule has 1 aromatic heterocycles. The van der Waals surface area contributed by atoms with Crippen LogP contribution in [0.25, 0.3) is 0 Å². The van der Waals surface area contributed by atoms with E-state index in [0.717, 1.165) is 0 Å². The molecule has 26 heavy (non-hydrogen) atoms. The summed E-state index contributed by atoms with van der Waals surface area (Å²) in [7, 11) is 0. The Balaban J connectivity index is 1.92. The number of amides is 2. The molecule has 8 heteroatoms. The zero-order valence-corrected chi connectivity index (χ0v) is 16.4. The number of anilines is 2. The first-order valence-electron chi connectivity index (χ1n) is 8.54.